The van der Waals surface area contributed by atoms with Crippen LogP contribution in [0.25, 0.3) is 5.69 Å². The average Bonchev–Trinajstić information content (AvgIpc) is 2.68. The first-order valence-electron chi connectivity index (χ1n) is 4.88. The number of aromatic nitrogens is 4. The molecule has 0 aliphatic heterocycles. The van der Waals surface area contributed by atoms with Gasteiger partial charge in [-0.2, -0.15) is 14.9 Å². The molecular formula is C10H12N4O. The summed E-state index contributed by atoms with van der Waals surface area (Å²) in [5, 5.41) is 8.11. The van der Waals surface area contributed by atoms with E-state index in [1.54, 1.807) is 23.1 Å². The summed E-state index contributed by atoms with van der Waals surface area (Å²) in [5.41, 5.74) is 0.558. The van der Waals surface area contributed by atoms with E-state index in [-0.39, 0.29) is 5.56 Å². The third-order valence-electron chi connectivity index (χ3n) is 2.03. The van der Waals surface area contributed by atoms with Crippen molar-refractivity contribution in [2.75, 3.05) is 0 Å². The Bertz CT molecular complexity index is 500. The highest BCUT2D eigenvalue weighted by molar-refractivity contribution is 5.23. The molecule has 78 valence electrons. The van der Waals surface area contributed by atoms with Gasteiger partial charge in [-0.25, -0.2) is 0 Å². The lowest BCUT2D eigenvalue weighted by molar-refractivity contribution is 0.602. The second-order valence-electron chi connectivity index (χ2n) is 3.24. The van der Waals surface area contributed by atoms with E-state index in [1.807, 2.05) is 6.20 Å². The molecule has 0 fully saturated rings. The SMILES string of the molecule is CCCn1cc(-n2ncccc2=O)cn1. The Kier molecular flexibility index (Phi) is 2.62. The smallest absolute Gasteiger partial charge is 0.271 e. The molecule has 2 rings (SSSR count). The van der Waals surface area contributed by atoms with Gasteiger partial charge in [-0.3, -0.25) is 9.48 Å². The van der Waals surface area contributed by atoms with Crippen LogP contribution in [-0.2, 0) is 6.54 Å². The highest BCUT2D eigenvalue weighted by Crippen LogP contribution is 2.01. The molecule has 0 N–H and O–H groups in total. The lowest BCUT2D eigenvalue weighted by atomic mass is 10.5. The fraction of sp³-hybridized carbons (Fsp3) is 0.300. The van der Waals surface area contributed by atoms with E-state index in [2.05, 4.69) is 17.1 Å². The van der Waals surface area contributed by atoms with E-state index in [0.717, 1.165) is 13.0 Å². The van der Waals surface area contributed by atoms with Crippen LogP contribution < -0.4 is 5.56 Å². The van der Waals surface area contributed by atoms with Crippen molar-refractivity contribution in [1.29, 1.82) is 0 Å². The van der Waals surface area contributed by atoms with Gasteiger partial charge in [-0.05, 0) is 12.5 Å². The summed E-state index contributed by atoms with van der Waals surface area (Å²) >= 11 is 0. The van der Waals surface area contributed by atoms with Crippen molar-refractivity contribution in [2.45, 2.75) is 19.9 Å². The van der Waals surface area contributed by atoms with Crippen molar-refractivity contribution in [3.8, 4) is 5.69 Å². The summed E-state index contributed by atoms with van der Waals surface area (Å²) in [4.78, 5) is 11.5. The monoisotopic (exact) mass is 204 g/mol. The average molecular weight is 204 g/mol. The topological polar surface area (TPSA) is 52.7 Å². The lowest BCUT2D eigenvalue weighted by Gasteiger charge is -1.98. The van der Waals surface area contributed by atoms with Gasteiger partial charge < -0.3 is 0 Å². The molecule has 0 saturated carbocycles. The van der Waals surface area contributed by atoms with Crippen LogP contribution in [0.4, 0.5) is 0 Å². The van der Waals surface area contributed by atoms with Gasteiger partial charge in [0.15, 0.2) is 0 Å². The van der Waals surface area contributed by atoms with Crippen LogP contribution in [0.5, 0.6) is 0 Å². The highest BCUT2D eigenvalue weighted by Gasteiger charge is 2.02. The lowest BCUT2D eigenvalue weighted by Crippen LogP contribution is -2.18. The number of aryl methyl sites for hydroxylation is 1. The van der Waals surface area contributed by atoms with Crippen molar-refractivity contribution >= 4 is 0 Å². The quantitative estimate of drug-likeness (QED) is 0.744. The molecule has 0 bridgehead atoms. The molecule has 0 unspecified atom stereocenters. The Balaban J connectivity index is 2.38. The molecular weight excluding hydrogens is 192 g/mol. The molecule has 2 aromatic rings. The molecule has 15 heavy (non-hydrogen) atoms. The Hall–Kier alpha value is -1.91. The molecule has 0 aromatic carbocycles. The van der Waals surface area contributed by atoms with Crippen LogP contribution >= 0.6 is 0 Å². The number of hydrogen-bond acceptors (Lipinski definition) is 3. The van der Waals surface area contributed by atoms with Crippen molar-refractivity contribution in [2.24, 2.45) is 0 Å². The van der Waals surface area contributed by atoms with Crippen LogP contribution in [0.3, 0.4) is 0 Å². The second kappa shape index (κ2) is 4.08. The predicted octanol–water partition coefficient (Wildman–Crippen LogP) is 0.839. The summed E-state index contributed by atoms with van der Waals surface area (Å²) < 4.78 is 3.13. The maximum atomic E-state index is 11.5. The highest BCUT2D eigenvalue weighted by atomic mass is 16.1. The minimum Gasteiger partial charge on any atom is -0.271 e. The summed E-state index contributed by atoms with van der Waals surface area (Å²) in [6, 6.07) is 3.10. The number of rotatable bonds is 3. The summed E-state index contributed by atoms with van der Waals surface area (Å²) in [6.45, 7) is 2.93. The molecule has 0 aliphatic carbocycles. The molecule has 0 spiro atoms. The van der Waals surface area contributed by atoms with Crippen LogP contribution in [-0.4, -0.2) is 19.6 Å². The van der Waals surface area contributed by atoms with Crippen LogP contribution in [0.2, 0.25) is 0 Å². The van der Waals surface area contributed by atoms with E-state index in [0.29, 0.717) is 5.69 Å². The standard InChI is InChI=1S/C10H12N4O/c1-2-6-13-8-9(7-12-13)14-10(15)4-3-5-11-14/h3-5,7-8H,2,6H2,1H3. The Labute approximate surface area is 87.0 Å². The van der Waals surface area contributed by atoms with E-state index >= 15 is 0 Å². The van der Waals surface area contributed by atoms with Gasteiger partial charge in [0.2, 0.25) is 0 Å². The van der Waals surface area contributed by atoms with E-state index in [9.17, 15) is 4.79 Å². The molecule has 2 heterocycles. The summed E-state index contributed by atoms with van der Waals surface area (Å²) in [5.74, 6) is 0. The fourth-order valence-electron chi connectivity index (χ4n) is 1.37. The normalized spacial score (nSPS) is 10.5. The second-order valence-corrected chi connectivity index (χ2v) is 3.24. The summed E-state index contributed by atoms with van der Waals surface area (Å²) in [7, 11) is 0. The first-order chi connectivity index (χ1) is 7.31. The minimum absolute atomic E-state index is 0.145. The Morgan fingerprint density at radius 3 is 3.00 bits per heavy atom. The number of nitrogens with zero attached hydrogens (tertiary/aromatic N) is 4. The maximum Gasteiger partial charge on any atom is 0.271 e. The van der Waals surface area contributed by atoms with Crippen molar-refractivity contribution in [3.05, 3.63) is 41.1 Å². The Morgan fingerprint density at radius 2 is 2.27 bits per heavy atom. The van der Waals surface area contributed by atoms with Gasteiger partial charge in [-0.15, -0.1) is 0 Å². The van der Waals surface area contributed by atoms with Crippen LogP contribution in [0.1, 0.15) is 13.3 Å². The zero-order valence-electron chi connectivity index (χ0n) is 8.50. The maximum absolute atomic E-state index is 11.5. The van der Waals surface area contributed by atoms with Gasteiger partial charge in [0.1, 0.15) is 5.69 Å². The zero-order chi connectivity index (χ0) is 10.7. The Morgan fingerprint density at radius 1 is 1.40 bits per heavy atom. The largest absolute Gasteiger partial charge is 0.271 e. The van der Waals surface area contributed by atoms with E-state index in [4.69, 9.17) is 0 Å². The first kappa shape index (κ1) is 9.64. The molecule has 5 nitrogen and oxygen atoms in total. The first-order valence-corrected chi connectivity index (χ1v) is 4.88. The van der Waals surface area contributed by atoms with Gasteiger partial charge in [-0.1, -0.05) is 6.92 Å². The fourth-order valence-corrected chi connectivity index (χ4v) is 1.37. The van der Waals surface area contributed by atoms with Crippen LogP contribution in [0, 0.1) is 0 Å². The minimum atomic E-state index is -0.145. The molecule has 0 aliphatic rings. The van der Waals surface area contributed by atoms with Crippen molar-refractivity contribution in [1.82, 2.24) is 19.6 Å². The zero-order valence-corrected chi connectivity index (χ0v) is 8.50. The third kappa shape index (κ3) is 1.96. The van der Waals surface area contributed by atoms with Gasteiger partial charge in [0.25, 0.3) is 5.56 Å². The van der Waals surface area contributed by atoms with Crippen molar-refractivity contribution < 1.29 is 0 Å². The molecule has 0 atom stereocenters. The third-order valence-corrected chi connectivity index (χ3v) is 2.03. The van der Waals surface area contributed by atoms with E-state index in [1.165, 1.54) is 10.7 Å². The van der Waals surface area contributed by atoms with Gasteiger partial charge in [0.05, 0.1) is 12.4 Å². The van der Waals surface area contributed by atoms with Crippen molar-refractivity contribution in [3.63, 3.8) is 0 Å². The van der Waals surface area contributed by atoms with Gasteiger partial charge >= 0.3 is 0 Å². The van der Waals surface area contributed by atoms with Gasteiger partial charge in [0, 0.05) is 18.8 Å². The molecule has 2 aromatic heterocycles. The predicted molar refractivity (Wildman–Crippen MR) is 55.9 cm³/mol. The molecule has 0 saturated heterocycles. The van der Waals surface area contributed by atoms with Crippen LogP contribution in [0.15, 0.2) is 35.5 Å². The number of hydrogen-bond donors (Lipinski definition) is 0. The van der Waals surface area contributed by atoms with E-state index < -0.39 is 0 Å². The molecule has 0 amide bonds. The summed E-state index contributed by atoms with van der Waals surface area (Å²) in [6.07, 6.45) is 6.05. The molecule has 5 heteroatoms. The molecule has 0 radical (unpaired) electrons.